The van der Waals surface area contributed by atoms with Crippen molar-refractivity contribution in [3.8, 4) is 33.4 Å². The number of furan rings is 1. The maximum Gasteiger partial charge on any atom is 0.135 e. The van der Waals surface area contributed by atoms with Crippen LogP contribution in [-0.2, 0) is 0 Å². The highest BCUT2D eigenvalue weighted by atomic mass is 16.3. The van der Waals surface area contributed by atoms with Crippen LogP contribution in [0.25, 0.3) is 76.9 Å². The van der Waals surface area contributed by atoms with Gasteiger partial charge in [-0.3, -0.25) is 0 Å². The molecule has 2 nitrogen and oxygen atoms in total. The van der Waals surface area contributed by atoms with Crippen molar-refractivity contribution < 1.29 is 4.42 Å². The van der Waals surface area contributed by atoms with Crippen molar-refractivity contribution >= 4 is 60.5 Å². The van der Waals surface area contributed by atoms with E-state index in [-0.39, 0.29) is 0 Å². The number of hydrogen-bond donors (Lipinski definition) is 0. The predicted octanol–water partition coefficient (Wildman–Crippen LogP) is 14.4. The largest absolute Gasteiger partial charge is 0.456 e. The lowest BCUT2D eigenvalue weighted by Crippen LogP contribution is -2.10. The highest BCUT2D eigenvalue weighted by Gasteiger charge is 2.16. The Kier molecular flexibility index (Phi) is 7.18. The summed E-state index contributed by atoms with van der Waals surface area (Å²) in [7, 11) is 0. The van der Waals surface area contributed by atoms with Gasteiger partial charge in [0.15, 0.2) is 0 Å². The summed E-state index contributed by atoms with van der Waals surface area (Å²) in [6, 6.07) is 71.9. The summed E-state index contributed by atoms with van der Waals surface area (Å²) in [4.78, 5) is 2.37. The molecule has 0 aliphatic carbocycles. The van der Waals surface area contributed by atoms with E-state index < -0.39 is 0 Å². The monoisotopic (exact) mass is 663 g/mol. The molecule has 0 fully saturated rings. The first-order valence-electron chi connectivity index (χ1n) is 17.7. The van der Waals surface area contributed by atoms with E-state index in [1.165, 1.54) is 43.8 Å². The van der Waals surface area contributed by atoms with Crippen molar-refractivity contribution in [2.24, 2.45) is 0 Å². The summed E-state index contributed by atoms with van der Waals surface area (Å²) in [5, 5.41) is 7.24. The van der Waals surface area contributed by atoms with E-state index in [0.29, 0.717) is 0 Å². The van der Waals surface area contributed by atoms with E-state index in [1.54, 1.807) is 0 Å². The molecular formula is C50H33NO. The third-order valence-electron chi connectivity index (χ3n) is 10.2. The van der Waals surface area contributed by atoms with Crippen molar-refractivity contribution in [3.05, 3.63) is 200 Å². The first kappa shape index (κ1) is 30.0. The molecule has 0 unspecified atom stereocenters. The second-order valence-electron chi connectivity index (χ2n) is 13.4. The molecule has 9 aromatic carbocycles. The third-order valence-corrected chi connectivity index (χ3v) is 10.2. The Morgan fingerprint density at radius 2 is 0.865 bits per heavy atom. The number of para-hydroxylation sites is 1. The maximum atomic E-state index is 6.15. The predicted molar refractivity (Wildman–Crippen MR) is 220 cm³/mol. The molecular weight excluding hydrogens is 631 g/mol. The van der Waals surface area contributed by atoms with Crippen LogP contribution in [0.3, 0.4) is 0 Å². The number of rotatable bonds is 6. The molecule has 0 N–H and O–H groups in total. The van der Waals surface area contributed by atoms with Crippen LogP contribution in [0.5, 0.6) is 0 Å². The Bertz CT molecular complexity index is 2910. The minimum absolute atomic E-state index is 0.902. The Balaban J connectivity index is 1.10. The van der Waals surface area contributed by atoms with Gasteiger partial charge in [0.25, 0.3) is 0 Å². The van der Waals surface area contributed by atoms with Crippen LogP contribution in [0, 0.1) is 0 Å². The molecule has 0 saturated heterocycles. The first-order valence-corrected chi connectivity index (χ1v) is 17.7. The van der Waals surface area contributed by atoms with Gasteiger partial charge in [0.05, 0.1) is 0 Å². The van der Waals surface area contributed by atoms with Gasteiger partial charge in [-0.25, -0.2) is 0 Å². The van der Waals surface area contributed by atoms with Crippen molar-refractivity contribution in [1.29, 1.82) is 0 Å². The van der Waals surface area contributed by atoms with Gasteiger partial charge in [-0.1, -0.05) is 140 Å². The van der Waals surface area contributed by atoms with Crippen LogP contribution < -0.4 is 4.90 Å². The minimum atomic E-state index is 0.902. The van der Waals surface area contributed by atoms with Gasteiger partial charge in [-0.2, -0.15) is 0 Å². The highest BCUT2D eigenvalue weighted by molar-refractivity contribution is 6.06. The van der Waals surface area contributed by atoms with E-state index in [4.69, 9.17) is 4.42 Å². The lowest BCUT2D eigenvalue weighted by atomic mass is 9.97. The summed E-state index contributed by atoms with van der Waals surface area (Å²) >= 11 is 0. The number of hydrogen-bond acceptors (Lipinski definition) is 2. The van der Waals surface area contributed by atoms with E-state index in [2.05, 4.69) is 193 Å². The maximum absolute atomic E-state index is 6.15. The van der Waals surface area contributed by atoms with Gasteiger partial charge >= 0.3 is 0 Å². The summed E-state index contributed by atoms with van der Waals surface area (Å²) in [5.41, 5.74) is 12.2. The molecule has 0 aliphatic heterocycles. The van der Waals surface area contributed by atoms with Crippen LogP contribution in [0.4, 0.5) is 17.1 Å². The molecule has 10 rings (SSSR count). The molecule has 0 bridgehead atoms. The molecule has 2 heteroatoms. The average Bonchev–Trinajstić information content (AvgIpc) is 3.59. The molecule has 1 aromatic heterocycles. The van der Waals surface area contributed by atoms with Crippen LogP contribution >= 0.6 is 0 Å². The number of nitrogens with zero attached hydrogens (tertiary/aromatic N) is 1. The van der Waals surface area contributed by atoms with Gasteiger partial charge in [0.2, 0.25) is 0 Å². The Morgan fingerprint density at radius 1 is 0.288 bits per heavy atom. The second kappa shape index (κ2) is 12.5. The fourth-order valence-electron chi connectivity index (χ4n) is 7.64. The van der Waals surface area contributed by atoms with E-state index in [1.807, 2.05) is 12.1 Å². The highest BCUT2D eigenvalue weighted by Crippen LogP contribution is 2.41. The van der Waals surface area contributed by atoms with E-state index in [9.17, 15) is 0 Å². The Morgan fingerprint density at radius 3 is 1.71 bits per heavy atom. The second-order valence-corrected chi connectivity index (χ2v) is 13.4. The Hall–Kier alpha value is -6.90. The number of fused-ring (bicyclic) bond motifs is 5. The van der Waals surface area contributed by atoms with Crippen molar-refractivity contribution in [1.82, 2.24) is 0 Å². The molecule has 0 amide bonds. The molecule has 0 aliphatic rings. The first-order chi connectivity index (χ1) is 25.7. The lowest BCUT2D eigenvalue weighted by Gasteiger charge is -2.27. The zero-order valence-corrected chi connectivity index (χ0v) is 28.4. The zero-order valence-electron chi connectivity index (χ0n) is 28.4. The van der Waals surface area contributed by atoms with E-state index >= 15 is 0 Å². The summed E-state index contributed by atoms with van der Waals surface area (Å²) in [6.45, 7) is 0. The van der Waals surface area contributed by atoms with Crippen LogP contribution in [-0.4, -0.2) is 0 Å². The standard InChI is InChI=1S/C50H33NO/c1-2-12-37-30-39(23-22-34(37)10-1)35-24-27-42(28-25-35)51(44-17-8-15-41(32-44)46-20-9-13-36-11-3-4-18-45(36)46)43-16-7-14-38(31-43)40-26-29-50-48(33-40)47-19-5-6-21-49(47)52-50/h1-33H. The Labute approximate surface area is 302 Å². The van der Waals surface area contributed by atoms with Crippen molar-refractivity contribution in [2.45, 2.75) is 0 Å². The number of anilines is 3. The molecule has 1 heterocycles. The fraction of sp³-hybridized carbons (Fsp3) is 0. The molecule has 244 valence electrons. The van der Waals surface area contributed by atoms with Gasteiger partial charge in [-0.05, 0) is 116 Å². The van der Waals surface area contributed by atoms with Gasteiger partial charge < -0.3 is 9.32 Å². The zero-order chi connectivity index (χ0) is 34.4. The normalized spacial score (nSPS) is 11.5. The smallest absolute Gasteiger partial charge is 0.135 e. The molecule has 0 atom stereocenters. The quantitative estimate of drug-likeness (QED) is 0.176. The van der Waals surface area contributed by atoms with Crippen LogP contribution in [0.1, 0.15) is 0 Å². The van der Waals surface area contributed by atoms with Crippen molar-refractivity contribution in [2.75, 3.05) is 4.90 Å². The topological polar surface area (TPSA) is 16.4 Å². The van der Waals surface area contributed by atoms with Gasteiger partial charge in [0.1, 0.15) is 11.2 Å². The summed E-state index contributed by atoms with van der Waals surface area (Å²) in [6.07, 6.45) is 0. The molecule has 0 saturated carbocycles. The summed E-state index contributed by atoms with van der Waals surface area (Å²) in [5.74, 6) is 0. The van der Waals surface area contributed by atoms with Crippen LogP contribution in [0.15, 0.2) is 205 Å². The molecule has 52 heavy (non-hydrogen) atoms. The minimum Gasteiger partial charge on any atom is -0.456 e. The van der Waals surface area contributed by atoms with Crippen molar-refractivity contribution in [3.63, 3.8) is 0 Å². The molecule has 0 radical (unpaired) electrons. The molecule has 10 aromatic rings. The van der Waals surface area contributed by atoms with E-state index in [0.717, 1.165) is 50.1 Å². The summed E-state index contributed by atoms with van der Waals surface area (Å²) < 4.78 is 6.15. The van der Waals surface area contributed by atoms with Gasteiger partial charge in [0, 0.05) is 27.8 Å². The van der Waals surface area contributed by atoms with Gasteiger partial charge in [-0.15, -0.1) is 0 Å². The fourth-order valence-corrected chi connectivity index (χ4v) is 7.64. The van der Waals surface area contributed by atoms with Crippen LogP contribution in [0.2, 0.25) is 0 Å². The third kappa shape index (κ3) is 5.30. The average molecular weight is 664 g/mol. The lowest BCUT2D eigenvalue weighted by molar-refractivity contribution is 0.669. The number of benzene rings is 9. The molecule has 0 spiro atoms. The SMILES string of the molecule is c1cc(-c2ccc3oc4ccccc4c3c2)cc(N(c2ccc(-c3ccc4ccccc4c3)cc2)c2cccc(-c3cccc4ccccc34)c2)c1.